The number of benzene rings is 3. The van der Waals surface area contributed by atoms with E-state index in [1.54, 1.807) is 42.5 Å². The monoisotopic (exact) mass is 369 g/mol. The second kappa shape index (κ2) is 7.15. The van der Waals surface area contributed by atoms with Gasteiger partial charge in [-0.1, -0.05) is 48.5 Å². The molecule has 26 heavy (non-hydrogen) atoms. The topological polar surface area (TPSA) is 101 Å². The van der Waals surface area contributed by atoms with Crippen LogP contribution in [0.2, 0.25) is 0 Å². The van der Waals surface area contributed by atoms with E-state index in [4.69, 9.17) is 5.73 Å². The number of fused-ring (bicyclic) bond motifs is 1. The standard InChI is InChI=1S/C19H19N3O3S/c1-13(23)22-19-16-8-4-2-6-14(16)10-11-18(19)26(24,25)21-12-15-7-3-5-9-17(15)20/h2-11,21H,12,20H2,1H3,(H,22,23). The van der Waals surface area contributed by atoms with Crippen molar-refractivity contribution >= 4 is 38.1 Å². The van der Waals surface area contributed by atoms with E-state index >= 15 is 0 Å². The highest BCUT2D eigenvalue weighted by Crippen LogP contribution is 2.31. The van der Waals surface area contributed by atoms with E-state index in [1.165, 1.54) is 13.0 Å². The predicted molar refractivity (Wildman–Crippen MR) is 103 cm³/mol. The van der Waals surface area contributed by atoms with Crippen LogP contribution in [0.3, 0.4) is 0 Å². The molecule has 0 aromatic heterocycles. The average Bonchev–Trinajstić information content (AvgIpc) is 2.61. The third-order valence-corrected chi connectivity index (χ3v) is 5.43. The van der Waals surface area contributed by atoms with E-state index in [9.17, 15) is 13.2 Å². The van der Waals surface area contributed by atoms with Gasteiger partial charge in [0.2, 0.25) is 15.9 Å². The molecule has 3 aromatic carbocycles. The first kappa shape index (κ1) is 17.9. The Labute approximate surface area is 152 Å². The molecule has 0 spiro atoms. The summed E-state index contributed by atoms with van der Waals surface area (Å²) in [4.78, 5) is 11.6. The van der Waals surface area contributed by atoms with Gasteiger partial charge in [0.15, 0.2) is 0 Å². The highest BCUT2D eigenvalue weighted by Gasteiger charge is 2.21. The molecule has 3 aromatic rings. The molecular formula is C19H19N3O3S. The Balaban J connectivity index is 2.02. The molecule has 0 unspecified atom stereocenters. The molecule has 0 fully saturated rings. The van der Waals surface area contributed by atoms with Gasteiger partial charge >= 0.3 is 0 Å². The van der Waals surface area contributed by atoms with E-state index in [0.717, 1.165) is 5.39 Å². The summed E-state index contributed by atoms with van der Waals surface area (Å²) in [5.41, 5.74) is 7.32. The number of rotatable bonds is 5. The normalized spacial score (nSPS) is 11.4. The first-order valence-corrected chi connectivity index (χ1v) is 9.49. The van der Waals surface area contributed by atoms with Gasteiger partial charge in [0, 0.05) is 24.5 Å². The Morgan fingerprint density at radius 1 is 1.00 bits per heavy atom. The third kappa shape index (κ3) is 3.68. The van der Waals surface area contributed by atoms with E-state index in [-0.39, 0.29) is 23.0 Å². The summed E-state index contributed by atoms with van der Waals surface area (Å²) in [5.74, 6) is -0.342. The average molecular weight is 369 g/mol. The number of nitrogens with two attached hydrogens (primary N) is 1. The molecule has 4 N–H and O–H groups in total. The lowest BCUT2D eigenvalue weighted by molar-refractivity contribution is -0.114. The minimum atomic E-state index is -3.86. The number of sulfonamides is 1. The maximum absolute atomic E-state index is 12.9. The predicted octanol–water partition coefficient (Wildman–Crippen LogP) is 2.86. The summed E-state index contributed by atoms with van der Waals surface area (Å²) in [5, 5.41) is 4.14. The van der Waals surface area contributed by atoms with Gasteiger partial charge in [-0.3, -0.25) is 4.79 Å². The Hall–Kier alpha value is -2.90. The highest BCUT2D eigenvalue weighted by atomic mass is 32.2. The maximum Gasteiger partial charge on any atom is 0.242 e. The molecule has 7 heteroatoms. The molecular weight excluding hydrogens is 350 g/mol. The number of hydrogen-bond donors (Lipinski definition) is 3. The van der Waals surface area contributed by atoms with E-state index < -0.39 is 10.0 Å². The smallest absolute Gasteiger partial charge is 0.242 e. The molecule has 0 aliphatic heterocycles. The first-order chi connectivity index (χ1) is 12.4. The summed E-state index contributed by atoms with van der Waals surface area (Å²) < 4.78 is 28.3. The lowest BCUT2D eigenvalue weighted by atomic mass is 10.1. The van der Waals surface area contributed by atoms with Crippen LogP contribution in [0.15, 0.2) is 65.6 Å². The minimum absolute atomic E-state index is 0.0147. The molecule has 1 amide bonds. The third-order valence-electron chi connectivity index (χ3n) is 3.99. The number of nitrogens with one attached hydrogen (secondary N) is 2. The van der Waals surface area contributed by atoms with Crippen LogP contribution in [0.25, 0.3) is 10.8 Å². The van der Waals surface area contributed by atoms with Crippen molar-refractivity contribution in [1.82, 2.24) is 4.72 Å². The second-order valence-electron chi connectivity index (χ2n) is 5.86. The van der Waals surface area contributed by atoms with Crippen molar-refractivity contribution in [2.75, 3.05) is 11.1 Å². The van der Waals surface area contributed by atoms with Crippen molar-refractivity contribution < 1.29 is 13.2 Å². The van der Waals surface area contributed by atoms with Crippen molar-refractivity contribution in [1.29, 1.82) is 0 Å². The van der Waals surface area contributed by atoms with Crippen LogP contribution >= 0.6 is 0 Å². The summed E-state index contributed by atoms with van der Waals surface area (Å²) >= 11 is 0. The summed E-state index contributed by atoms with van der Waals surface area (Å²) in [6.45, 7) is 1.40. The molecule has 6 nitrogen and oxygen atoms in total. The lowest BCUT2D eigenvalue weighted by Gasteiger charge is -2.15. The molecule has 0 bridgehead atoms. The lowest BCUT2D eigenvalue weighted by Crippen LogP contribution is -2.25. The van der Waals surface area contributed by atoms with Crippen molar-refractivity contribution in [2.24, 2.45) is 0 Å². The Bertz CT molecular complexity index is 1080. The molecule has 3 rings (SSSR count). The number of para-hydroxylation sites is 1. The Kier molecular flexibility index (Phi) is 4.92. The molecule has 0 atom stereocenters. The van der Waals surface area contributed by atoms with Gasteiger partial charge in [0.25, 0.3) is 0 Å². The summed E-state index contributed by atoms with van der Waals surface area (Å²) in [6.07, 6.45) is 0. The quantitative estimate of drug-likeness (QED) is 0.602. The molecule has 0 aliphatic carbocycles. The van der Waals surface area contributed by atoms with Gasteiger partial charge in [-0.15, -0.1) is 0 Å². The van der Waals surface area contributed by atoms with Crippen LogP contribution in [0, 0.1) is 0 Å². The highest BCUT2D eigenvalue weighted by molar-refractivity contribution is 7.89. The van der Waals surface area contributed by atoms with Gasteiger partial charge in [0.1, 0.15) is 4.90 Å². The fraction of sp³-hybridized carbons (Fsp3) is 0.105. The Morgan fingerprint density at radius 3 is 2.42 bits per heavy atom. The van der Waals surface area contributed by atoms with Crippen LogP contribution in [-0.2, 0) is 21.4 Å². The van der Waals surface area contributed by atoms with Gasteiger partial charge in [0.05, 0.1) is 5.69 Å². The molecule has 0 saturated heterocycles. The fourth-order valence-corrected chi connectivity index (χ4v) is 3.90. The van der Waals surface area contributed by atoms with E-state index in [2.05, 4.69) is 10.0 Å². The van der Waals surface area contributed by atoms with Gasteiger partial charge in [-0.2, -0.15) is 0 Å². The number of nitrogen functional groups attached to an aromatic ring is 1. The first-order valence-electron chi connectivity index (χ1n) is 8.01. The molecule has 0 heterocycles. The maximum atomic E-state index is 12.9. The van der Waals surface area contributed by atoms with Crippen molar-refractivity contribution in [3.63, 3.8) is 0 Å². The van der Waals surface area contributed by atoms with Crippen LogP contribution in [0.1, 0.15) is 12.5 Å². The SMILES string of the molecule is CC(=O)Nc1c(S(=O)(=O)NCc2ccccc2N)ccc2ccccc12. The largest absolute Gasteiger partial charge is 0.398 e. The number of hydrogen-bond acceptors (Lipinski definition) is 4. The minimum Gasteiger partial charge on any atom is -0.398 e. The van der Waals surface area contributed by atoms with Crippen molar-refractivity contribution in [2.45, 2.75) is 18.4 Å². The van der Waals surface area contributed by atoms with Crippen LogP contribution < -0.4 is 15.8 Å². The second-order valence-corrected chi connectivity index (χ2v) is 7.60. The Morgan fingerprint density at radius 2 is 1.69 bits per heavy atom. The molecule has 0 aliphatic rings. The summed E-state index contributed by atoms with van der Waals surface area (Å²) in [7, 11) is -3.86. The van der Waals surface area contributed by atoms with Gasteiger partial charge in [-0.05, 0) is 23.1 Å². The van der Waals surface area contributed by atoms with Crippen LogP contribution in [0.4, 0.5) is 11.4 Å². The van der Waals surface area contributed by atoms with Crippen LogP contribution in [-0.4, -0.2) is 14.3 Å². The van der Waals surface area contributed by atoms with E-state index in [1.807, 2.05) is 12.1 Å². The fourth-order valence-electron chi connectivity index (χ4n) is 2.73. The molecule has 134 valence electrons. The zero-order valence-electron chi connectivity index (χ0n) is 14.2. The number of carbonyl (C=O) groups is 1. The zero-order valence-corrected chi connectivity index (χ0v) is 15.0. The van der Waals surface area contributed by atoms with Gasteiger partial charge < -0.3 is 11.1 Å². The van der Waals surface area contributed by atoms with E-state index in [0.29, 0.717) is 16.6 Å². The van der Waals surface area contributed by atoms with Crippen molar-refractivity contribution in [3.8, 4) is 0 Å². The molecule has 0 radical (unpaired) electrons. The van der Waals surface area contributed by atoms with Gasteiger partial charge in [-0.25, -0.2) is 13.1 Å². The van der Waals surface area contributed by atoms with Crippen LogP contribution in [0.5, 0.6) is 0 Å². The number of anilines is 2. The molecule has 0 saturated carbocycles. The number of amides is 1. The van der Waals surface area contributed by atoms with Crippen molar-refractivity contribution in [3.05, 3.63) is 66.2 Å². The number of carbonyl (C=O) groups excluding carboxylic acids is 1. The summed E-state index contributed by atoms with van der Waals surface area (Å²) in [6, 6.07) is 17.5. The zero-order chi connectivity index (χ0) is 18.7.